The van der Waals surface area contributed by atoms with Crippen LogP contribution in [0.15, 0.2) is 13.3 Å². The Morgan fingerprint density at radius 3 is 0.673 bits per heavy atom. The maximum absolute atomic E-state index is 5.85. The molecule has 0 saturated carbocycles. The summed E-state index contributed by atoms with van der Waals surface area (Å²) in [6.45, 7) is 89.8. The Balaban J connectivity index is 0.000000157. The second-order valence-corrected chi connectivity index (χ2v) is 33.7. The standard InChI is InChI=1S/2C15H21N.3C14H18O.C14H18S.C13H18N2/c2*1-8-9(2)11(4)15-13(6)16(7)12(5)14(15)10(8)3;1-7-8(2)10(4)14-12(6)15-11(5)13(14)9(7)3;2*1-7-8(2)10(4)14-13(9(7)3)11(5)12(6)15-14;1-7-8(2)10(4)14-12(6)15-11(5)13(14)9(7)3;1-7-8(2)10(4)13-12(9(7)3)11(5)15(6)14-13/h2*1-7H3;5*1-6H3. The number of furan rings is 3. The first-order valence-corrected chi connectivity index (χ1v) is 39.6. The van der Waals surface area contributed by atoms with E-state index in [1.165, 1.54) is 264 Å². The summed E-state index contributed by atoms with van der Waals surface area (Å²) in [5.41, 5.74) is 51.8. The van der Waals surface area contributed by atoms with Gasteiger partial charge in [-0.2, -0.15) is 5.10 Å². The Morgan fingerprint density at radius 1 is 0.187 bits per heavy atom. The topological polar surface area (TPSA) is 67.1 Å². The first-order chi connectivity index (χ1) is 49.5. The second kappa shape index (κ2) is 31.3. The molecular formula is C99H132N4O3S. The summed E-state index contributed by atoms with van der Waals surface area (Å²) in [7, 11) is 6.33. The summed E-state index contributed by atoms with van der Waals surface area (Å²) in [6, 6.07) is 0. The number of aryl methyl sites for hydroxylation is 28. The number of rotatable bonds is 0. The van der Waals surface area contributed by atoms with Crippen LogP contribution >= 0.6 is 11.3 Å². The molecule has 0 unspecified atom stereocenters. The van der Waals surface area contributed by atoms with E-state index in [2.05, 4.69) is 298 Å². The van der Waals surface area contributed by atoms with Crippen molar-refractivity contribution in [3.05, 3.63) is 228 Å². The van der Waals surface area contributed by atoms with Crippen molar-refractivity contribution in [2.24, 2.45) is 21.1 Å². The minimum Gasteiger partial charge on any atom is -0.465 e. The first-order valence-electron chi connectivity index (χ1n) is 38.8. The lowest BCUT2D eigenvalue weighted by atomic mass is 9.92. The highest BCUT2D eigenvalue weighted by atomic mass is 32.1. The van der Waals surface area contributed by atoms with E-state index in [-0.39, 0.29) is 0 Å². The molecule has 0 aliphatic heterocycles. The summed E-state index contributed by atoms with van der Waals surface area (Å²) in [6.07, 6.45) is 0. The molecule has 0 spiro atoms. The van der Waals surface area contributed by atoms with Crippen LogP contribution in [0.3, 0.4) is 0 Å². The van der Waals surface area contributed by atoms with E-state index in [0.29, 0.717) is 0 Å². The predicted octanol–water partition coefficient (Wildman–Crippen LogP) is 28.8. The van der Waals surface area contributed by atoms with Crippen LogP contribution < -0.4 is 0 Å². The first kappa shape index (κ1) is 84.3. The van der Waals surface area contributed by atoms with Crippen LogP contribution in [0.25, 0.3) is 75.9 Å². The number of thiophene rings is 1. The Hall–Kier alpha value is -8.33. The van der Waals surface area contributed by atoms with Crippen LogP contribution in [-0.4, -0.2) is 18.9 Å². The van der Waals surface area contributed by atoms with Gasteiger partial charge in [0.1, 0.15) is 34.2 Å². The van der Waals surface area contributed by atoms with Gasteiger partial charge in [-0.05, 0) is 462 Å². The number of hydrogen-bond acceptors (Lipinski definition) is 5. The van der Waals surface area contributed by atoms with Gasteiger partial charge in [0.25, 0.3) is 0 Å². The summed E-state index contributed by atoms with van der Waals surface area (Å²) in [5.74, 6) is 4.18. The minimum absolute atomic E-state index is 1.04. The van der Waals surface area contributed by atoms with Crippen molar-refractivity contribution < 1.29 is 13.3 Å². The largest absolute Gasteiger partial charge is 0.465 e. The van der Waals surface area contributed by atoms with Crippen molar-refractivity contribution >= 4 is 87.3 Å². The molecule has 7 aromatic carbocycles. The zero-order valence-electron chi connectivity index (χ0n) is 74.9. The van der Waals surface area contributed by atoms with Gasteiger partial charge in [0.2, 0.25) is 0 Å². The van der Waals surface area contributed by atoms with Gasteiger partial charge >= 0.3 is 0 Å². The fourth-order valence-corrected chi connectivity index (χ4v) is 18.6. The zero-order chi connectivity index (χ0) is 81.0. The fraction of sp³-hybridized carbons (Fsp3) is 0.444. The number of benzene rings is 7. The molecule has 0 aliphatic rings. The van der Waals surface area contributed by atoms with E-state index >= 15 is 0 Å². The van der Waals surface area contributed by atoms with Gasteiger partial charge in [-0.1, -0.05) is 0 Å². The molecule has 7 heterocycles. The molecule has 0 amide bonds. The smallest absolute Gasteiger partial charge is 0.137 e. The quantitative estimate of drug-likeness (QED) is 0.152. The Labute approximate surface area is 648 Å². The van der Waals surface area contributed by atoms with E-state index < -0.39 is 0 Å². The molecule has 0 fully saturated rings. The lowest BCUT2D eigenvalue weighted by Crippen LogP contribution is -1.93. The van der Waals surface area contributed by atoms with Gasteiger partial charge in [-0.3, -0.25) is 4.68 Å². The molecule has 14 aromatic rings. The lowest BCUT2D eigenvalue weighted by molar-refractivity contribution is 0.510. The summed E-state index contributed by atoms with van der Waals surface area (Å²) in [5, 5.41) is 20.0. The van der Waals surface area contributed by atoms with Crippen LogP contribution in [0.5, 0.6) is 0 Å². The lowest BCUT2D eigenvalue weighted by Gasteiger charge is -2.12. The van der Waals surface area contributed by atoms with Crippen molar-refractivity contribution in [2.45, 2.75) is 284 Å². The molecule has 107 heavy (non-hydrogen) atoms. The average molecular weight is 1460 g/mol. The third-order valence-electron chi connectivity index (χ3n) is 27.6. The molecule has 0 atom stereocenters. The minimum atomic E-state index is 1.04. The van der Waals surface area contributed by atoms with Crippen LogP contribution in [0, 0.1) is 284 Å². The molecule has 0 saturated heterocycles. The summed E-state index contributed by atoms with van der Waals surface area (Å²) < 4.78 is 24.0. The highest BCUT2D eigenvalue weighted by Crippen LogP contribution is 2.42. The van der Waals surface area contributed by atoms with Gasteiger partial charge in [-0.15, -0.1) is 11.3 Å². The van der Waals surface area contributed by atoms with Gasteiger partial charge in [0, 0.05) is 108 Å². The van der Waals surface area contributed by atoms with Crippen molar-refractivity contribution in [3.8, 4) is 0 Å². The molecule has 8 heteroatoms. The van der Waals surface area contributed by atoms with E-state index in [0.717, 1.165) is 39.7 Å². The molecule has 572 valence electrons. The van der Waals surface area contributed by atoms with Gasteiger partial charge in [0.05, 0.1) is 5.52 Å². The monoisotopic (exact) mass is 1460 g/mol. The summed E-state index contributed by atoms with van der Waals surface area (Å²) in [4.78, 5) is 2.93. The third-order valence-corrected chi connectivity index (χ3v) is 28.6. The second-order valence-electron chi connectivity index (χ2n) is 32.3. The Kier molecular flexibility index (Phi) is 24.7. The molecule has 0 radical (unpaired) electrons. The maximum Gasteiger partial charge on any atom is 0.137 e. The highest BCUT2D eigenvalue weighted by molar-refractivity contribution is 7.13. The van der Waals surface area contributed by atoms with Gasteiger partial charge in [0.15, 0.2) is 0 Å². The van der Waals surface area contributed by atoms with Crippen molar-refractivity contribution in [1.29, 1.82) is 0 Å². The van der Waals surface area contributed by atoms with Crippen molar-refractivity contribution in [2.75, 3.05) is 0 Å². The maximum atomic E-state index is 5.85. The third kappa shape index (κ3) is 14.1. The molecule has 7 nitrogen and oxygen atoms in total. The number of aromatic nitrogens is 4. The van der Waals surface area contributed by atoms with Gasteiger partial charge < -0.3 is 22.4 Å². The van der Waals surface area contributed by atoms with Gasteiger partial charge in [-0.25, -0.2) is 0 Å². The molecule has 0 aliphatic carbocycles. The van der Waals surface area contributed by atoms with E-state index in [4.69, 9.17) is 13.3 Å². The Bertz CT molecular complexity index is 5240. The molecule has 14 rings (SSSR count). The van der Waals surface area contributed by atoms with E-state index in [1.54, 1.807) is 0 Å². The van der Waals surface area contributed by atoms with Crippen molar-refractivity contribution in [3.63, 3.8) is 0 Å². The fourth-order valence-electron chi connectivity index (χ4n) is 17.4. The highest BCUT2D eigenvalue weighted by Gasteiger charge is 2.23. The summed E-state index contributed by atoms with van der Waals surface area (Å²) >= 11 is 1.93. The SMILES string of the molecule is Cc1c(C)c(C)c2c(C)n(C)c(C)c2c1C.Cc1c(C)c(C)c2c(C)n(C)c(C)c2c1C.Cc1c(C)c(C)c2c(C)n(C)nc2c1C.Cc1c(C)c(C)c2c(C)oc(C)c2c1C.Cc1c(C)c(C)c2c(C)sc(C)c2c1C.Cc1oc2c(C)c(C)c(C)c(C)c2c1C.Cc1oc2c(C)c(C)c(C)c(C)c2c1C. The number of hydrogen-bond donors (Lipinski definition) is 0. The normalized spacial score (nSPS) is 11.4. The Morgan fingerprint density at radius 2 is 0.402 bits per heavy atom. The van der Waals surface area contributed by atoms with Crippen LogP contribution in [0.4, 0.5) is 0 Å². The zero-order valence-corrected chi connectivity index (χ0v) is 75.7. The molecule has 7 aromatic heterocycles. The number of fused-ring (bicyclic) bond motifs is 7. The van der Waals surface area contributed by atoms with Crippen molar-refractivity contribution in [1.82, 2.24) is 18.9 Å². The predicted molar refractivity (Wildman–Crippen MR) is 471 cm³/mol. The van der Waals surface area contributed by atoms with Crippen LogP contribution in [0.1, 0.15) is 228 Å². The number of nitrogens with zero attached hydrogens (tertiary/aromatic N) is 4. The molecule has 0 N–H and O–H groups in total. The van der Waals surface area contributed by atoms with Crippen LogP contribution in [0.2, 0.25) is 0 Å². The molecule has 0 bridgehead atoms. The van der Waals surface area contributed by atoms with E-state index in [9.17, 15) is 0 Å². The van der Waals surface area contributed by atoms with E-state index in [1.807, 2.05) is 36.9 Å². The molecular weight excluding hydrogens is 1330 g/mol. The average Bonchev–Trinajstić information content (AvgIpc) is 1.61. The van der Waals surface area contributed by atoms with Crippen LogP contribution in [-0.2, 0) is 21.1 Å².